The van der Waals surface area contributed by atoms with E-state index < -0.39 is 0 Å². The minimum atomic E-state index is 0.196. The minimum Gasteiger partial charge on any atom is -0.496 e. The fourth-order valence-corrected chi connectivity index (χ4v) is 2.17. The normalized spacial score (nSPS) is 12.1. The van der Waals surface area contributed by atoms with Crippen molar-refractivity contribution in [1.82, 2.24) is 5.32 Å². The van der Waals surface area contributed by atoms with E-state index in [2.05, 4.69) is 60.2 Å². The van der Waals surface area contributed by atoms with E-state index in [0.717, 1.165) is 29.6 Å². The number of methoxy groups -OCH3 is 1. The number of nitrogens with one attached hydrogen (secondary N) is 1. The summed E-state index contributed by atoms with van der Waals surface area (Å²) in [5.74, 6) is 0.945. The van der Waals surface area contributed by atoms with Crippen molar-refractivity contribution in [3.63, 3.8) is 0 Å². The summed E-state index contributed by atoms with van der Waals surface area (Å²) in [7, 11) is 1.71. The first-order valence-corrected chi connectivity index (χ1v) is 7.44. The van der Waals surface area contributed by atoms with E-state index >= 15 is 0 Å². The molecule has 106 valence electrons. The quantitative estimate of drug-likeness (QED) is 0.620. The van der Waals surface area contributed by atoms with Gasteiger partial charge in [0.1, 0.15) is 5.75 Å². The molecule has 1 N–H and O–H groups in total. The van der Waals surface area contributed by atoms with Crippen molar-refractivity contribution in [2.24, 2.45) is 0 Å². The Kier molecular flexibility index (Phi) is 6.59. The van der Waals surface area contributed by atoms with Crippen LogP contribution in [0, 0.1) is 0 Å². The average molecular weight is 326 g/mol. The van der Waals surface area contributed by atoms with Gasteiger partial charge in [0, 0.05) is 10.0 Å². The zero-order valence-corrected chi connectivity index (χ0v) is 13.9. The van der Waals surface area contributed by atoms with Gasteiger partial charge in [-0.1, -0.05) is 28.1 Å². The number of hydrogen-bond donors (Lipinski definition) is 1. The van der Waals surface area contributed by atoms with E-state index in [0.29, 0.717) is 0 Å². The van der Waals surface area contributed by atoms with Crippen LogP contribution in [0.15, 0.2) is 34.8 Å². The predicted molar refractivity (Wildman–Crippen MR) is 85.9 cm³/mol. The van der Waals surface area contributed by atoms with Gasteiger partial charge in [-0.25, -0.2) is 0 Å². The van der Waals surface area contributed by atoms with E-state index in [1.54, 1.807) is 7.11 Å². The lowest BCUT2D eigenvalue weighted by molar-refractivity contribution is 0.410. The third kappa shape index (κ3) is 6.79. The van der Waals surface area contributed by atoms with Crippen molar-refractivity contribution in [3.05, 3.63) is 40.4 Å². The Labute approximate surface area is 125 Å². The van der Waals surface area contributed by atoms with Gasteiger partial charge >= 0.3 is 0 Å². The third-order valence-electron chi connectivity index (χ3n) is 2.71. The van der Waals surface area contributed by atoms with E-state index in [1.165, 1.54) is 5.56 Å². The van der Waals surface area contributed by atoms with Gasteiger partial charge in [0.15, 0.2) is 0 Å². The van der Waals surface area contributed by atoms with E-state index in [9.17, 15) is 0 Å². The zero-order valence-electron chi connectivity index (χ0n) is 12.3. The predicted octanol–water partition coefficient (Wildman–Crippen LogP) is 4.33. The van der Waals surface area contributed by atoms with Crippen LogP contribution in [-0.2, 0) is 6.42 Å². The molecule has 0 aliphatic rings. The van der Waals surface area contributed by atoms with Crippen LogP contribution in [0.5, 0.6) is 5.75 Å². The molecule has 0 unspecified atom stereocenters. The van der Waals surface area contributed by atoms with Crippen LogP contribution in [-0.4, -0.2) is 19.2 Å². The SMILES string of the molecule is COc1ccc(Br)cc1CC=CCCNC(C)(C)C. The summed E-state index contributed by atoms with van der Waals surface area (Å²) in [6.07, 6.45) is 6.37. The van der Waals surface area contributed by atoms with Crippen LogP contribution in [0.25, 0.3) is 0 Å². The summed E-state index contributed by atoms with van der Waals surface area (Å²) in [4.78, 5) is 0. The van der Waals surface area contributed by atoms with Gasteiger partial charge in [0.25, 0.3) is 0 Å². The number of ether oxygens (including phenoxy) is 1. The topological polar surface area (TPSA) is 21.3 Å². The van der Waals surface area contributed by atoms with Gasteiger partial charge in [-0.2, -0.15) is 0 Å². The molecule has 2 nitrogen and oxygen atoms in total. The van der Waals surface area contributed by atoms with Crippen molar-refractivity contribution in [2.75, 3.05) is 13.7 Å². The van der Waals surface area contributed by atoms with Crippen molar-refractivity contribution in [3.8, 4) is 5.75 Å². The minimum absolute atomic E-state index is 0.196. The second-order valence-corrected chi connectivity index (χ2v) is 6.51. The number of rotatable bonds is 6. The highest BCUT2D eigenvalue weighted by Crippen LogP contribution is 2.23. The van der Waals surface area contributed by atoms with E-state index in [4.69, 9.17) is 4.74 Å². The van der Waals surface area contributed by atoms with Gasteiger partial charge in [-0.05, 0) is 63.9 Å². The monoisotopic (exact) mass is 325 g/mol. The molecule has 0 aromatic heterocycles. The number of halogens is 1. The molecule has 0 spiro atoms. The molecule has 1 rings (SSSR count). The highest BCUT2D eigenvalue weighted by molar-refractivity contribution is 9.10. The third-order valence-corrected chi connectivity index (χ3v) is 3.21. The summed E-state index contributed by atoms with van der Waals surface area (Å²) in [6.45, 7) is 7.56. The Morgan fingerprint density at radius 1 is 1.26 bits per heavy atom. The van der Waals surface area contributed by atoms with Crippen LogP contribution < -0.4 is 10.1 Å². The van der Waals surface area contributed by atoms with Crippen LogP contribution in [0.3, 0.4) is 0 Å². The summed E-state index contributed by atoms with van der Waals surface area (Å²) >= 11 is 3.49. The molecule has 0 aliphatic heterocycles. The number of hydrogen-bond acceptors (Lipinski definition) is 2. The van der Waals surface area contributed by atoms with Gasteiger partial charge in [0.2, 0.25) is 0 Å². The van der Waals surface area contributed by atoms with Gasteiger partial charge in [0.05, 0.1) is 7.11 Å². The van der Waals surface area contributed by atoms with Crippen molar-refractivity contribution in [1.29, 1.82) is 0 Å². The molecule has 0 atom stereocenters. The largest absolute Gasteiger partial charge is 0.496 e. The summed E-state index contributed by atoms with van der Waals surface area (Å²) in [5.41, 5.74) is 1.40. The molecule has 0 fully saturated rings. The van der Waals surface area contributed by atoms with Crippen LogP contribution in [0.4, 0.5) is 0 Å². The van der Waals surface area contributed by atoms with E-state index in [-0.39, 0.29) is 5.54 Å². The number of benzene rings is 1. The molecule has 0 saturated heterocycles. The Morgan fingerprint density at radius 3 is 2.63 bits per heavy atom. The molecule has 0 radical (unpaired) electrons. The Bertz CT molecular complexity index is 421. The Morgan fingerprint density at radius 2 is 2.00 bits per heavy atom. The first-order chi connectivity index (χ1) is 8.92. The molecule has 0 heterocycles. The highest BCUT2D eigenvalue weighted by atomic mass is 79.9. The lowest BCUT2D eigenvalue weighted by Gasteiger charge is -2.19. The maximum atomic E-state index is 5.36. The van der Waals surface area contributed by atoms with Crippen LogP contribution in [0.2, 0.25) is 0 Å². The average Bonchev–Trinajstić information content (AvgIpc) is 2.32. The molecule has 1 aromatic carbocycles. The molecule has 0 aliphatic carbocycles. The maximum Gasteiger partial charge on any atom is 0.122 e. The zero-order chi connectivity index (χ0) is 14.3. The first kappa shape index (κ1) is 16.3. The molecular formula is C16H24BrNO. The summed E-state index contributed by atoms with van der Waals surface area (Å²) in [6, 6.07) is 6.10. The lowest BCUT2D eigenvalue weighted by Crippen LogP contribution is -2.36. The molecular weight excluding hydrogens is 302 g/mol. The van der Waals surface area contributed by atoms with Crippen molar-refractivity contribution < 1.29 is 4.74 Å². The van der Waals surface area contributed by atoms with Crippen molar-refractivity contribution >= 4 is 15.9 Å². The summed E-state index contributed by atoms with van der Waals surface area (Å²) in [5, 5.41) is 3.47. The molecule has 3 heteroatoms. The van der Waals surface area contributed by atoms with Crippen LogP contribution in [0.1, 0.15) is 32.8 Å². The van der Waals surface area contributed by atoms with E-state index in [1.807, 2.05) is 12.1 Å². The molecule has 19 heavy (non-hydrogen) atoms. The standard InChI is InChI=1S/C16H24BrNO/c1-16(2,3)18-11-7-5-6-8-13-12-14(17)9-10-15(13)19-4/h5-6,9-10,12,18H,7-8,11H2,1-4H3. The smallest absolute Gasteiger partial charge is 0.122 e. The molecule has 1 aromatic rings. The van der Waals surface area contributed by atoms with Gasteiger partial charge < -0.3 is 10.1 Å². The second-order valence-electron chi connectivity index (χ2n) is 5.60. The molecule has 0 bridgehead atoms. The number of allylic oxidation sites excluding steroid dienone is 1. The van der Waals surface area contributed by atoms with Crippen molar-refractivity contribution in [2.45, 2.75) is 39.2 Å². The first-order valence-electron chi connectivity index (χ1n) is 6.65. The highest BCUT2D eigenvalue weighted by Gasteiger charge is 2.06. The van der Waals surface area contributed by atoms with Gasteiger partial charge in [-0.3, -0.25) is 0 Å². The Hall–Kier alpha value is -0.800. The van der Waals surface area contributed by atoms with Crippen LogP contribution >= 0.6 is 15.9 Å². The Balaban J connectivity index is 2.42. The second kappa shape index (κ2) is 7.71. The van der Waals surface area contributed by atoms with Gasteiger partial charge in [-0.15, -0.1) is 0 Å². The molecule has 0 amide bonds. The maximum absolute atomic E-state index is 5.36. The fourth-order valence-electron chi connectivity index (χ4n) is 1.77. The lowest BCUT2D eigenvalue weighted by atomic mass is 10.1. The summed E-state index contributed by atoms with van der Waals surface area (Å²) < 4.78 is 6.45. The fraction of sp³-hybridized carbons (Fsp3) is 0.500. The molecule has 0 saturated carbocycles.